The zero-order chi connectivity index (χ0) is 7.72. The molecular formula is C6H10N2OS. The van der Waals surface area contributed by atoms with Gasteiger partial charge < -0.3 is 11.5 Å². The van der Waals surface area contributed by atoms with E-state index in [1.807, 2.05) is 6.92 Å². The van der Waals surface area contributed by atoms with Crippen molar-refractivity contribution in [1.29, 1.82) is 0 Å². The number of hydrogen-bond acceptors (Lipinski definition) is 3. The molecule has 4 heteroatoms. The molecule has 3 nitrogen and oxygen atoms in total. The molecule has 1 heterocycles. The van der Waals surface area contributed by atoms with Crippen molar-refractivity contribution in [2.24, 2.45) is 11.5 Å². The van der Waals surface area contributed by atoms with Crippen LogP contribution in [0.15, 0.2) is 10.6 Å². The van der Waals surface area contributed by atoms with Crippen LogP contribution in [0.4, 0.5) is 0 Å². The van der Waals surface area contributed by atoms with Gasteiger partial charge in [-0.25, -0.2) is 0 Å². The van der Waals surface area contributed by atoms with Crippen LogP contribution in [-0.2, 0) is 4.79 Å². The van der Waals surface area contributed by atoms with Gasteiger partial charge in [0.25, 0.3) is 0 Å². The van der Waals surface area contributed by atoms with Crippen molar-refractivity contribution in [2.45, 2.75) is 18.6 Å². The summed E-state index contributed by atoms with van der Waals surface area (Å²) in [5, 5.41) is 1.00. The topological polar surface area (TPSA) is 69.1 Å². The summed E-state index contributed by atoms with van der Waals surface area (Å²) in [7, 11) is 0. The summed E-state index contributed by atoms with van der Waals surface area (Å²) in [4.78, 5) is 10.6. The van der Waals surface area contributed by atoms with Gasteiger partial charge in [0.05, 0.1) is 5.03 Å². The third-order valence-corrected chi connectivity index (χ3v) is 2.48. The first-order valence-electron chi connectivity index (χ1n) is 3.06. The Kier molecular flexibility index (Phi) is 1.89. The second-order valence-electron chi connectivity index (χ2n) is 2.34. The van der Waals surface area contributed by atoms with Gasteiger partial charge >= 0.3 is 0 Å². The van der Waals surface area contributed by atoms with Crippen molar-refractivity contribution in [1.82, 2.24) is 0 Å². The molecule has 1 atom stereocenters. The van der Waals surface area contributed by atoms with Crippen LogP contribution in [0.2, 0.25) is 0 Å². The molecule has 0 spiro atoms. The number of carbonyl (C=O) groups is 1. The summed E-state index contributed by atoms with van der Waals surface area (Å²) in [5.74, 6) is -0.380. The molecule has 1 rings (SSSR count). The number of amides is 1. The van der Waals surface area contributed by atoms with Crippen molar-refractivity contribution in [2.75, 3.05) is 0 Å². The standard InChI is InChI=1S/C6H10N2OS/c1-3-2-4(5(7)9)6(8)10-3/h3H,2,8H2,1H3,(H2,7,9). The first-order valence-corrected chi connectivity index (χ1v) is 3.94. The number of hydrogen-bond donors (Lipinski definition) is 2. The quantitative estimate of drug-likeness (QED) is 0.571. The van der Waals surface area contributed by atoms with Crippen molar-refractivity contribution in [3.63, 3.8) is 0 Å². The van der Waals surface area contributed by atoms with Crippen molar-refractivity contribution < 1.29 is 4.79 Å². The molecule has 0 aromatic carbocycles. The Hall–Kier alpha value is -0.640. The lowest BCUT2D eigenvalue weighted by Gasteiger charge is -1.95. The highest BCUT2D eigenvalue weighted by Crippen LogP contribution is 2.33. The average molecular weight is 158 g/mol. The fourth-order valence-electron chi connectivity index (χ4n) is 0.940. The largest absolute Gasteiger partial charge is 0.393 e. The van der Waals surface area contributed by atoms with E-state index in [0.717, 1.165) is 0 Å². The molecule has 0 radical (unpaired) electrons. The lowest BCUT2D eigenvalue weighted by atomic mass is 10.1. The van der Waals surface area contributed by atoms with Gasteiger partial charge in [0, 0.05) is 10.8 Å². The Balaban J connectivity index is 2.76. The number of primary amides is 1. The molecule has 0 saturated heterocycles. The Morgan fingerprint density at radius 3 is 2.60 bits per heavy atom. The van der Waals surface area contributed by atoms with Crippen LogP contribution in [0.25, 0.3) is 0 Å². The molecule has 0 aliphatic carbocycles. The van der Waals surface area contributed by atoms with E-state index < -0.39 is 0 Å². The van der Waals surface area contributed by atoms with Gasteiger partial charge in [-0.1, -0.05) is 6.92 Å². The van der Waals surface area contributed by atoms with Crippen LogP contribution < -0.4 is 11.5 Å². The molecule has 1 aliphatic rings. The molecule has 0 fully saturated rings. The summed E-state index contributed by atoms with van der Waals surface area (Å²) in [5.41, 5.74) is 11.2. The van der Waals surface area contributed by atoms with E-state index >= 15 is 0 Å². The van der Waals surface area contributed by atoms with Crippen LogP contribution in [0.3, 0.4) is 0 Å². The molecule has 4 N–H and O–H groups in total. The molecule has 0 aromatic rings. The van der Waals surface area contributed by atoms with Gasteiger partial charge in [-0.2, -0.15) is 0 Å². The summed E-state index contributed by atoms with van der Waals surface area (Å²) >= 11 is 1.51. The van der Waals surface area contributed by atoms with E-state index in [9.17, 15) is 4.79 Å². The van der Waals surface area contributed by atoms with Gasteiger partial charge in [0.15, 0.2) is 0 Å². The Morgan fingerprint density at radius 2 is 2.40 bits per heavy atom. The predicted molar refractivity (Wildman–Crippen MR) is 42.1 cm³/mol. The summed E-state index contributed by atoms with van der Waals surface area (Å²) in [6.07, 6.45) is 0.714. The smallest absolute Gasteiger partial charge is 0.247 e. The highest BCUT2D eigenvalue weighted by Gasteiger charge is 2.22. The number of rotatable bonds is 1. The van der Waals surface area contributed by atoms with Gasteiger partial charge in [-0.05, 0) is 6.42 Å². The zero-order valence-corrected chi connectivity index (χ0v) is 6.57. The fourth-order valence-corrected chi connectivity index (χ4v) is 1.95. The minimum absolute atomic E-state index is 0.380. The monoisotopic (exact) mass is 158 g/mol. The van der Waals surface area contributed by atoms with E-state index in [0.29, 0.717) is 22.3 Å². The molecule has 0 saturated carbocycles. The van der Waals surface area contributed by atoms with Crippen LogP contribution in [0.5, 0.6) is 0 Å². The maximum Gasteiger partial charge on any atom is 0.247 e. The molecular weight excluding hydrogens is 148 g/mol. The normalized spacial score (nSPS) is 25.5. The molecule has 1 aliphatic heterocycles. The lowest BCUT2D eigenvalue weighted by molar-refractivity contribution is -0.114. The Bertz CT molecular complexity index is 200. The molecule has 10 heavy (non-hydrogen) atoms. The van der Waals surface area contributed by atoms with E-state index in [2.05, 4.69) is 0 Å². The first kappa shape index (κ1) is 7.47. The third-order valence-electron chi connectivity index (χ3n) is 1.41. The molecule has 0 bridgehead atoms. The highest BCUT2D eigenvalue weighted by atomic mass is 32.2. The summed E-state index contributed by atoms with van der Waals surface area (Å²) in [6.45, 7) is 2.02. The van der Waals surface area contributed by atoms with E-state index in [-0.39, 0.29) is 5.91 Å². The third kappa shape index (κ3) is 1.26. The minimum atomic E-state index is -0.380. The van der Waals surface area contributed by atoms with Gasteiger partial charge in [0.1, 0.15) is 0 Å². The maximum absolute atomic E-state index is 10.6. The average Bonchev–Trinajstić information content (AvgIpc) is 2.10. The summed E-state index contributed by atoms with van der Waals surface area (Å²) < 4.78 is 0. The maximum atomic E-state index is 10.6. The SMILES string of the molecule is CC1CC(C(N)=O)=C(N)S1. The van der Waals surface area contributed by atoms with E-state index in [1.165, 1.54) is 11.8 Å². The van der Waals surface area contributed by atoms with Crippen LogP contribution >= 0.6 is 11.8 Å². The molecule has 1 unspecified atom stereocenters. The number of carbonyl (C=O) groups excluding carboxylic acids is 1. The van der Waals surface area contributed by atoms with Gasteiger partial charge in [-0.3, -0.25) is 4.79 Å². The van der Waals surface area contributed by atoms with E-state index in [1.54, 1.807) is 0 Å². The fraction of sp³-hybridized carbons (Fsp3) is 0.500. The summed E-state index contributed by atoms with van der Waals surface area (Å²) in [6, 6.07) is 0. The lowest BCUT2D eigenvalue weighted by Crippen LogP contribution is -2.15. The first-order chi connectivity index (χ1) is 4.61. The molecule has 1 amide bonds. The number of thioether (sulfide) groups is 1. The van der Waals surface area contributed by atoms with Gasteiger partial charge in [-0.15, -0.1) is 11.8 Å². The molecule has 0 aromatic heterocycles. The molecule has 56 valence electrons. The van der Waals surface area contributed by atoms with Crippen LogP contribution in [0, 0.1) is 0 Å². The predicted octanol–water partition coefficient (Wildman–Crippen LogP) is 0.167. The highest BCUT2D eigenvalue weighted by molar-refractivity contribution is 8.03. The second kappa shape index (κ2) is 2.54. The van der Waals surface area contributed by atoms with Crippen LogP contribution in [-0.4, -0.2) is 11.2 Å². The van der Waals surface area contributed by atoms with E-state index in [4.69, 9.17) is 11.5 Å². The van der Waals surface area contributed by atoms with Crippen molar-refractivity contribution in [3.05, 3.63) is 10.6 Å². The van der Waals surface area contributed by atoms with Crippen LogP contribution in [0.1, 0.15) is 13.3 Å². The van der Waals surface area contributed by atoms with Gasteiger partial charge in [0.2, 0.25) is 5.91 Å². The zero-order valence-electron chi connectivity index (χ0n) is 5.76. The second-order valence-corrected chi connectivity index (χ2v) is 3.82. The Labute approximate surface area is 63.8 Å². The Morgan fingerprint density at radius 1 is 1.80 bits per heavy atom. The van der Waals surface area contributed by atoms with Crippen molar-refractivity contribution in [3.8, 4) is 0 Å². The van der Waals surface area contributed by atoms with Crippen molar-refractivity contribution >= 4 is 17.7 Å². The number of nitrogens with two attached hydrogens (primary N) is 2. The minimum Gasteiger partial charge on any atom is -0.393 e.